The lowest BCUT2D eigenvalue weighted by Crippen LogP contribution is -2.38. The van der Waals surface area contributed by atoms with Crippen molar-refractivity contribution in [1.29, 1.82) is 0 Å². The van der Waals surface area contributed by atoms with E-state index in [1.807, 2.05) is 6.92 Å². The van der Waals surface area contributed by atoms with Crippen molar-refractivity contribution >= 4 is 23.5 Å². The zero-order chi connectivity index (χ0) is 20.7. The number of benzene rings is 1. The molecule has 1 aromatic carbocycles. The molecule has 2 bridgehead atoms. The Hall–Kier alpha value is -2.57. The van der Waals surface area contributed by atoms with Crippen LogP contribution in [-0.4, -0.2) is 35.2 Å². The van der Waals surface area contributed by atoms with Crippen molar-refractivity contribution in [3.8, 4) is 5.75 Å². The number of ether oxygens (including phenoxy) is 2. The van der Waals surface area contributed by atoms with Crippen LogP contribution in [0.5, 0.6) is 5.75 Å². The van der Waals surface area contributed by atoms with Gasteiger partial charge in [0.2, 0.25) is 5.91 Å². The van der Waals surface area contributed by atoms with Crippen LogP contribution in [0.2, 0.25) is 0 Å². The van der Waals surface area contributed by atoms with Crippen LogP contribution in [0.25, 0.3) is 0 Å². The Morgan fingerprint density at radius 1 is 1.18 bits per heavy atom. The van der Waals surface area contributed by atoms with Crippen molar-refractivity contribution < 1.29 is 29.0 Å². The average molecular weight is 466 g/mol. The first-order chi connectivity index (χ1) is 13.9. The summed E-state index contributed by atoms with van der Waals surface area (Å²) in [5.41, 5.74) is 0.353. The normalized spacial score (nSPS) is 27.5. The van der Waals surface area contributed by atoms with Crippen molar-refractivity contribution in [2.24, 2.45) is 29.6 Å². The van der Waals surface area contributed by atoms with E-state index in [0.29, 0.717) is 18.5 Å². The standard InChI is InChI=1S/C22H27NO6.4CH4/c1-3-12(20(25)23-16-6-4-5-7-17(16)24)8-11(2)21(26)28-18-13-9-14-15(10-13)22(27)29-19(14)18;;;;/h4-7,11-15,18-19,24H,3,8-10H2,1-2H3,(H,23,25);4*1H4. The quantitative estimate of drug-likeness (QED) is 0.412. The maximum absolute atomic E-state index is 12.7. The number of fused-ring (bicyclic) bond motifs is 1. The summed E-state index contributed by atoms with van der Waals surface area (Å²) < 4.78 is 11.2. The SMILES string of the molecule is C.C.C.C.CCC(CC(C)C(=O)OC1C2CC3C(=O)OC1C3C2)C(=O)Nc1ccccc1O. The minimum Gasteiger partial charge on any atom is -0.506 e. The molecule has 7 atom stereocenters. The van der Waals surface area contributed by atoms with Crippen molar-refractivity contribution in [1.82, 2.24) is 0 Å². The molecule has 7 unspecified atom stereocenters. The van der Waals surface area contributed by atoms with E-state index in [0.717, 1.165) is 12.8 Å². The van der Waals surface area contributed by atoms with Gasteiger partial charge < -0.3 is 19.9 Å². The van der Waals surface area contributed by atoms with Crippen molar-refractivity contribution in [2.45, 2.75) is 81.4 Å². The minimum absolute atomic E-state index is 0. The Morgan fingerprint density at radius 3 is 2.48 bits per heavy atom. The molecule has 2 aliphatic carbocycles. The van der Waals surface area contributed by atoms with Gasteiger partial charge in [0.1, 0.15) is 18.0 Å². The molecule has 2 saturated carbocycles. The van der Waals surface area contributed by atoms with Crippen LogP contribution in [0.1, 0.15) is 69.2 Å². The van der Waals surface area contributed by atoms with E-state index in [4.69, 9.17) is 9.47 Å². The maximum atomic E-state index is 12.7. The van der Waals surface area contributed by atoms with Gasteiger partial charge in [0.25, 0.3) is 0 Å². The number of nitrogens with one attached hydrogen (secondary N) is 1. The smallest absolute Gasteiger partial charge is 0.309 e. The second kappa shape index (κ2) is 12.1. The monoisotopic (exact) mass is 465 g/mol. The summed E-state index contributed by atoms with van der Waals surface area (Å²) >= 11 is 0. The molecule has 0 spiro atoms. The first-order valence-electron chi connectivity index (χ1n) is 10.4. The number of para-hydroxylation sites is 2. The number of hydrogen-bond donors (Lipinski definition) is 2. The van der Waals surface area contributed by atoms with E-state index in [9.17, 15) is 19.5 Å². The number of anilines is 1. The molecule has 1 aromatic rings. The van der Waals surface area contributed by atoms with Crippen molar-refractivity contribution in [2.75, 3.05) is 5.32 Å². The van der Waals surface area contributed by atoms with Crippen LogP contribution in [0.4, 0.5) is 5.69 Å². The Kier molecular flexibility index (Phi) is 11.1. The van der Waals surface area contributed by atoms with Crippen molar-refractivity contribution in [3.63, 3.8) is 0 Å². The minimum atomic E-state index is -0.456. The lowest BCUT2D eigenvalue weighted by Gasteiger charge is -2.27. The number of phenolic OH excluding ortho intramolecular Hbond substituents is 1. The summed E-state index contributed by atoms with van der Waals surface area (Å²) in [5, 5.41) is 12.6. The number of aromatic hydroxyl groups is 1. The van der Waals surface area contributed by atoms with E-state index < -0.39 is 5.92 Å². The summed E-state index contributed by atoms with van der Waals surface area (Å²) in [6.45, 7) is 3.65. The van der Waals surface area contributed by atoms with Crippen molar-refractivity contribution in [3.05, 3.63) is 24.3 Å². The fourth-order valence-corrected chi connectivity index (χ4v) is 5.11. The summed E-state index contributed by atoms with van der Waals surface area (Å²) in [7, 11) is 0. The summed E-state index contributed by atoms with van der Waals surface area (Å²) in [5.74, 6) is -1.20. The summed E-state index contributed by atoms with van der Waals surface area (Å²) in [6.07, 6.45) is 1.89. The van der Waals surface area contributed by atoms with E-state index in [1.165, 1.54) is 6.07 Å². The zero-order valence-corrected chi connectivity index (χ0v) is 16.7. The topological polar surface area (TPSA) is 102 Å². The molecule has 1 heterocycles. The van der Waals surface area contributed by atoms with Crippen LogP contribution in [0.3, 0.4) is 0 Å². The highest BCUT2D eigenvalue weighted by Crippen LogP contribution is 2.55. The fourth-order valence-electron chi connectivity index (χ4n) is 5.11. The number of phenols is 1. The highest BCUT2D eigenvalue weighted by molar-refractivity contribution is 5.94. The molecule has 0 radical (unpaired) electrons. The third kappa shape index (κ3) is 5.68. The molecule has 2 N–H and O–H groups in total. The van der Waals surface area contributed by atoms with Crippen LogP contribution in [-0.2, 0) is 23.9 Å². The summed E-state index contributed by atoms with van der Waals surface area (Å²) in [6, 6.07) is 6.54. The van der Waals surface area contributed by atoms with Gasteiger partial charge in [-0.15, -0.1) is 0 Å². The molecule has 3 aliphatic rings. The first-order valence-corrected chi connectivity index (χ1v) is 10.4. The Labute approximate surface area is 199 Å². The molecule has 3 fully saturated rings. The lowest BCUT2D eigenvalue weighted by molar-refractivity contribution is -0.165. The number of hydrogen-bond acceptors (Lipinski definition) is 6. The maximum Gasteiger partial charge on any atom is 0.309 e. The van der Waals surface area contributed by atoms with Gasteiger partial charge in [-0.25, -0.2) is 0 Å². The molecular weight excluding hydrogens is 422 g/mol. The third-order valence-corrected chi connectivity index (χ3v) is 6.73. The second-order valence-electron chi connectivity index (χ2n) is 8.55. The van der Waals surface area contributed by atoms with E-state index in [1.54, 1.807) is 25.1 Å². The molecule has 7 nitrogen and oxygen atoms in total. The third-order valence-electron chi connectivity index (χ3n) is 6.73. The van der Waals surface area contributed by atoms with Gasteiger partial charge in [-0.1, -0.05) is 55.7 Å². The van der Waals surface area contributed by atoms with Gasteiger partial charge in [0.05, 0.1) is 17.5 Å². The van der Waals surface area contributed by atoms with Gasteiger partial charge in [0, 0.05) is 17.8 Å². The molecule has 188 valence electrons. The molecule has 1 saturated heterocycles. The van der Waals surface area contributed by atoms with Gasteiger partial charge in [-0.05, 0) is 37.8 Å². The molecular formula is C26H43NO6. The Bertz CT molecular complexity index is 825. The van der Waals surface area contributed by atoms with Crippen LogP contribution < -0.4 is 5.32 Å². The largest absolute Gasteiger partial charge is 0.506 e. The Balaban J connectivity index is 0.00000256. The number of carbonyl (C=O) groups excluding carboxylic acids is 3. The molecule has 7 heteroatoms. The Morgan fingerprint density at radius 2 is 1.85 bits per heavy atom. The van der Waals surface area contributed by atoms with E-state index in [2.05, 4.69) is 5.32 Å². The predicted molar refractivity (Wildman–Crippen MR) is 131 cm³/mol. The van der Waals surface area contributed by atoms with Crippen LogP contribution >= 0.6 is 0 Å². The zero-order valence-electron chi connectivity index (χ0n) is 16.7. The van der Waals surface area contributed by atoms with Crippen LogP contribution in [0, 0.1) is 29.6 Å². The molecule has 1 aliphatic heterocycles. The molecule has 0 aromatic heterocycles. The van der Waals surface area contributed by atoms with Gasteiger partial charge >= 0.3 is 11.9 Å². The van der Waals surface area contributed by atoms with Crippen LogP contribution in [0.15, 0.2) is 24.3 Å². The average Bonchev–Trinajstić information content (AvgIpc) is 3.32. The highest BCUT2D eigenvalue weighted by atomic mass is 16.6. The fraction of sp³-hybridized carbons (Fsp3) is 0.654. The molecule has 4 rings (SSSR count). The van der Waals surface area contributed by atoms with Gasteiger partial charge in [-0.3, -0.25) is 14.4 Å². The molecule has 33 heavy (non-hydrogen) atoms. The number of esters is 2. The van der Waals surface area contributed by atoms with Gasteiger partial charge in [-0.2, -0.15) is 0 Å². The predicted octanol–water partition coefficient (Wildman–Crippen LogP) is 5.42. The van der Waals surface area contributed by atoms with E-state index >= 15 is 0 Å². The summed E-state index contributed by atoms with van der Waals surface area (Å²) in [4.78, 5) is 37.2. The number of amides is 1. The number of carbonyl (C=O) groups is 3. The van der Waals surface area contributed by atoms with E-state index in [-0.39, 0.29) is 89.2 Å². The number of rotatable bonds is 7. The van der Waals surface area contributed by atoms with Gasteiger partial charge in [0.15, 0.2) is 0 Å². The lowest BCUT2D eigenvalue weighted by atomic mass is 9.88. The highest BCUT2D eigenvalue weighted by Gasteiger charge is 2.63. The second-order valence-corrected chi connectivity index (χ2v) is 8.55. The first kappa shape index (κ1) is 30.4. The molecule has 1 amide bonds.